The highest BCUT2D eigenvalue weighted by Crippen LogP contribution is 2.11. The number of hydrogen-bond acceptors (Lipinski definition) is 1. The first-order valence-corrected chi connectivity index (χ1v) is 9.55. The molecule has 0 unspecified atom stereocenters. The Hall–Kier alpha value is -0.310. The van der Waals surface area contributed by atoms with Crippen LogP contribution in [0, 0.1) is 0 Å². The Morgan fingerprint density at radius 2 is 1.33 bits per heavy atom. The number of aromatic nitrogens is 1. The summed E-state index contributed by atoms with van der Waals surface area (Å²) in [6, 6.07) is 4.20. The number of rotatable bonds is 14. The number of unbranched alkanes of at least 4 members (excludes halogenated alkanes) is 11. The molecule has 0 amide bonds. The van der Waals surface area contributed by atoms with Crippen LogP contribution in [-0.4, -0.2) is 0 Å². The van der Waals surface area contributed by atoms with Gasteiger partial charge >= 0.3 is 0 Å². The quantitative estimate of drug-likeness (QED) is 0.392. The van der Waals surface area contributed by atoms with Gasteiger partial charge in [-0.2, -0.15) is 0 Å². The van der Waals surface area contributed by atoms with Crippen molar-refractivity contribution in [2.75, 3.05) is 0 Å². The number of aryl methyl sites for hydroxylation is 1. The van der Waals surface area contributed by atoms with Crippen LogP contribution in [0.5, 0.6) is 0 Å². The highest BCUT2D eigenvalue weighted by molar-refractivity contribution is 5.85. The molecule has 0 bridgehead atoms. The predicted octanol–water partition coefficient (Wildman–Crippen LogP) is 2.56. The van der Waals surface area contributed by atoms with Gasteiger partial charge in [-0.1, -0.05) is 71.1 Å². The maximum atomic E-state index is 5.67. The minimum absolute atomic E-state index is 0. The largest absolute Gasteiger partial charge is 1.00 e. The lowest BCUT2D eigenvalue weighted by Gasteiger charge is -2.02. The average Bonchev–Trinajstić information content (AvgIpc) is 2.56. The standard InChI is InChI=1S/C20H37N2.2ClH/c1-2-3-4-5-6-7-8-9-10-11-12-13-16-22-17-14-15-20(18-21)19-22;;/h14-15,17,19H,2-13,16,18,21H2,1H3;2*1H/q+1;;/p-1. The fraction of sp³-hybridized carbons (Fsp3) is 0.750. The van der Waals surface area contributed by atoms with Crippen LogP contribution in [-0.2, 0) is 13.1 Å². The van der Waals surface area contributed by atoms with Crippen molar-refractivity contribution in [1.29, 1.82) is 0 Å². The molecule has 0 saturated carbocycles. The van der Waals surface area contributed by atoms with E-state index in [1.807, 2.05) is 0 Å². The lowest BCUT2D eigenvalue weighted by Crippen LogP contribution is -3.00. The molecule has 4 heteroatoms. The first kappa shape index (κ1) is 25.9. The van der Waals surface area contributed by atoms with Crippen molar-refractivity contribution >= 4 is 12.4 Å². The van der Waals surface area contributed by atoms with E-state index in [9.17, 15) is 0 Å². The highest BCUT2D eigenvalue weighted by atomic mass is 35.5. The lowest BCUT2D eigenvalue weighted by atomic mass is 10.1. The van der Waals surface area contributed by atoms with E-state index in [-0.39, 0.29) is 24.8 Å². The molecule has 1 rings (SSSR count). The molecule has 0 radical (unpaired) electrons. The molecule has 2 nitrogen and oxygen atoms in total. The van der Waals surface area contributed by atoms with Crippen LogP contribution in [0.1, 0.15) is 89.5 Å². The van der Waals surface area contributed by atoms with Crippen LogP contribution in [0.2, 0.25) is 0 Å². The van der Waals surface area contributed by atoms with Gasteiger partial charge in [0.15, 0.2) is 12.4 Å². The zero-order valence-electron chi connectivity index (χ0n) is 15.5. The van der Waals surface area contributed by atoms with Crippen molar-refractivity contribution in [2.45, 2.75) is 97.1 Å². The van der Waals surface area contributed by atoms with E-state index in [2.05, 4.69) is 36.0 Å². The van der Waals surface area contributed by atoms with E-state index in [0.717, 1.165) is 6.54 Å². The van der Waals surface area contributed by atoms with E-state index < -0.39 is 0 Å². The first-order chi connectivity index (χ1) is 10.9. The van der Waals surface area contributed by atoms with Gasteiger partial charge in [-0.15, -0.1) is 12.4 Å². The Bertz CT molecular complexity index is 372. The monoisotopic (exact) mass is 376 g/mol. The van der Waals surface area contributed by atoms with Gasteiger partial charge in [0, 0.05) is 24.6 Å². The molecule has 1 heterocycles. The summed E-state index contributed by atoms with van der Waals surface area (Å²) in [7, 11) is 0. The van der Waals surface area contributed by atoms with Crippen LogP contribution in [0.25, 0.3) is 0 Å². The van der Waals surface area contributed by atoms with E-state index in [1.54, 1.807) is 0 Å². The molecule has 1 aromatic heterocycles. The third kappa shape index (κ3) is 14.1. The van der Waals surface area contributed by atoms with E-state index >= 15 is 0 Å². The third-order valence-electron chi connectivity index (χ3n) is 4.43. The van der Waals surface area contributed by atoms with Gasteiger partial charge in [0.2, 0.25) is 0 Å². The Balaban J connectivity index is 0. The van der Waals surface area contributed by atoms with Crippen molar-refractivity contribution < 1.29 is 17.0 Å². The van der Waals surface area contributed by atoms with Crippen molar-refractivity contribution in [3.63, 3.8) is 0 Å². The summed E-state index contributed by atoms with van der Waals surface area (Å²) < 4.78 is 2.28. The first-order valence-electron chi connectivity index (χ1n) is 9.55. The molecular weight excluding hydrogens is 339 g/mol. The Kier molecular flexibility index (Phi) is 20.5. The number of hydrogen-bond donors (Lipinski definition) is 1. The predicted molar refractivity (Wildman–Crippen MR) is 103 cm³/mol. The van der Waals surface area contributed by atoms with Crippen LogP contribution in [0.4, 0.5) is 0 Å². The molecule has 2 N–H and O–H groups in total. The molecule has 142 valence electrons. The van der Waals surface area contributed by atoms with Gasteiger partial charge in [-0.3, -0.25) is 0 Å². The second kappa shape index (κ2) is 19.0. The number of nitrogens with zero attached hydrogens (tertiary/aromatic N) is 1. The Morgan fingerprint density at radius 1 is 0.833 bits per heavy atom. The Labute approximate surface area is 162 Å². The lowest BCUT2D eigenvalue weighted by molar-refractivity contribution is -0.697. The van der Waals surface area contributed by atoms with Crippen LogP contribution < -0.4 is 22.7 Å². The van der Waals surface area contributed by atoms with Gasteiger partial charge in [-0.05, 0) is 12.5 Å². The van der Waals surface area contributed by atoms with E-state index in [1.165, 1.54) is 82.6 Å². The third-order valence-corrected chi connectivity index (χ3v) is 4.43. The minimum Gasteiger partial charge on any atom is -1.00 e. The second-order valence-corrected chi connectivity index (χ2v) is 6.54. The summed E-state index contributed by atoms with van der Waals surface area (Å²) in [5.41, 5.74) is 6.90. The summed E-state index contributed by atoms with van der Waals surface area (Å²) in [5.74, 6) is 0. The van der Waals surface area contributed by atoms with Gasteiger partial charge < -0.3 is 18.1 Å². The molecule has 0 spiro atoms. The SMILES string of the molecule is CCCCCCCCCCCCCC[n+]1cccc(CN)c1.Cl.[Cl-]. The molecule has 0 aliphatic carbocycles. The summed E-state index contributed by atoms with van der Waals surface area (Å²) in [4.78, 5) is 0. The molecule has 24 heavy (non-hydrogen) atoms. The number of nitrogens with two attached hydrogens (primary N) is 1. The molecule has 1 aromatic rings. The van der Waals surface area contributed by atoms with Gasteiger partial charge in [-0.25, -0.2) is 4.57 Å². The minimum atomic E-state index is 0. The zero-order valence-corrected chi connectivity index (χ0v) is 17.1. The molecule has 0 atom stereocenters. The highest BCUT2D eigenvalue weighted by Gasteiger charge is 2.01. The molecule has 0 aliphatic rings. The van der Waals surface area contributed by atoms with Gasteiger partial charge in [0.25, 0.3) is 0 Å². The molecule has 0 aliphatic heterocycles. The second-order valence-electron chi connectivity index (χ2n) is 6.54. The van der Waals surface area contributed by atoms with Gasteiger partial charge in [0.1, 0.15) is 6.54 Å². The average molecular weight is 377 g/mol. The van der Waals surface area contributed by atoms with Crippen LogP contribution in [0.15, 0.2) is 24.5 Å². The summed E-state index contributed by atoms with van der Waals surface area (Å²) in [6.45, 7) is 4.05. The Morgan fingerprint density at radius 3 is 1.83 bits per heavy atom. The maximum Gasteiger partial charge on any atom is 0.173 e. The van der Waals surface area contributed by atoms with Crippen molar-refractivity contribution in [3.8, 4) is 0 Å². The van der Waals surface area contributed by atoms with Crippen molar-refractivity contribution in [3.05, 3.63) is 30.1 Å². The van der Waals surface area contributed by atoms with Crippen LogP contribution in [0.3, 0.4) is 0 Å². The van der Waals surface area contributed by atoms with Crippen molar-refractivity contribution in [2.24, 2.45) is 5.73 Å². The summed E-state index contributed by atoms with van der Waals surface area (Å²) >= 11 is 0. The normalized spacial score (nSPS) is 10.1. The maximum absolute atomic E-state index is 5.67. The molecule has 0 fully saturated rings. The van der Waals surface area contributed by atoms with Crippen molar-refractivity contribution in [1.82, 2.24) is 0 Å². The number of halogens is 2. The topological polar surface area (TPSA) is 29.9 Å². The fourth-order valence-electron chi connectivity index (χ4n) is 2.97. The van der Waals surface area contributed by atoms with Crippen LogP contribution >= 0.6 is 12.4 Å². The molecule has 0 aromatic carbocycles. The summed E-state index contributed by atoms with van der Waals surface area (Å²) in [5, 5.41) is 0. The smallest absolute Gasteiger partial charge is 0.173 e. The summed E-state index contributed by atoms with van der Waals surface area (Å²) in [6.07, 6.45) is 21.2. The van der Waals surface area contributed by atoms with E-state index in [0.29, 0.717) is 6.54 Å². The fourth-order valence-corrected chi connectivity index (χ4v) is 2.97. The van der Waals surface area contributed by atoms with Gasteiger partial charge in [0.05, 0.1) is 0 Å². The van der Waals surface area contributed by atoms with E-state index in [4.69, 9.17) is 5.73 Å². The number of pyridine rings is 1. The zero-order chi connectivity index (χ0) is 15.9. The molecular formula is C20H38Cl2N2. The molecule has 0 saturated heterocycles.